The molecule has 0 aliphatic carbocycles. The van der Waals surface area contributed by atoms with E-state index < -0.39 is 11.7 Å². The third kappa shape index (κ3) is 4.18. The van der Waals surface area contributed by atoms with Gasteiger partial charge in [-0.3, -0.25) is 9.59 Å². The Morgan fingerprint density at radius 1 is 1.45 bits per heavy atom. The van der Waals surface area contributed by atoms with Crippen LogP contribution in [0.25, 0.3) is 0 Å². The maximum Gasteiger partial charge on any atom is 0.233 e. The van der Waals surface area contributed by atoms with Crippen LogP contribution in [0.2, 0.25) is 5.02 Å². The van der Waals surface area contributed by atoms with Gasteiger partial charge in [-0.2, -0.15) is 0 Å². The molecule has 0 saturated carbocycles. The molecule has 1 aromatic rings. The van der Waals surface area contributed by atoms with Gasteiger partial charge in [-0.15, -0.1) is 0 Å². The smallest absolute Gasteiger partial charge is 0.233 e. The largest absolute Gasteiger partial charge is 0.341 e. The minimum atomic E-state index is -0.553. The third-order valence-electron chi connectivity index (χ3n) is 3.76. The normalized spacial score (nSPS) is 17.9. The van der Waals surface area contributed by atoms with E-state index in [0.29, 0.717) is 24.8 Å². The van der Waals surface area contributed by atoms with Crippen LogP contribution in [0, 0.1) is 5.82 Å². The highest BCUT2D eigenvalue weighted by Gasteiger charge is 2.28. The van der Waals surface area contributed by atoms with Gasteiger partial charge in [0.25, 0.3) is 0 Å². The molecule has 1 atom stereocenters. The van der Waals surface area contributed by atoms with Crippen LogP contribution in [0.15, 0.2) is 18.2 Å². The lowest BCUT2D eigenvalue weighted by atomic mass is 10.2. The molecule has 7 heteroatoms. The topological polar surface area (TPSA) is 52.7 Å². The van der Waals surface area contributed by atoms with Crippen LogP contribution in [-0.4, -0.2) is 54.8 Å². The Hall–Kier alpha value is -1.66. The number of halogens is 2. The van der Waals surface area contributed by atoms with Crippen LogP contribution in [0.1, 0.15) is 12.8 Å². The van der Waals surface area contributed by atoms with Crippen LogP contribution in [0.4, 0.5) is 10.1 Å². The lowest BCUT2D eigenvalue weighted by molar-refractivity contribution is -0.133. The lowest BCUT2D eigenvalue weighted by Crippen LogP contribution is -2.36. The fraction of sp³-hybridized carbons (Fsp3) is 0.467. The first-order chi connectivity index (χ1) is 10.4. The van der Waals surface area contributed by atoms with Crippen molar-refractivity contribution < 1.29 is 14.0 Å². The predicted molar refractivity (Wildman–Crippen MR) is 83.3 cm³/mol. The number of benzene rings is 1. The molecule has 0 bridgehead atoms. The molecule has 1 saturated heterocycles. The van der Waals surface area contributed by atoms with Gasteiger partial charge >= 0.3 is 0 Å². The number of likely N-dealkylation sites (N-methyl/N-ethyl adjacent to an activating group) is 1. The highest BCUT2D eigenvalue weighted by Crippen LogP contribution is 2.20. The molecule has 1 fully saturated rings. The van der Waals surface area contributed by atoms with E-state index in [9.17, 15) is 14.0 Å². The molecule has 2 amide bonds. The fourth-order valence-corrected chi connectivity index (χ4v) is 2.60. The monoisotopic (exact) mass is 327 g/mol. The number of likely N-dealkylation sites (tertiary alicyclic amines) is 1. The molecule has 1 aliphatic heterocycles. The number of carbonyl (C=O) groups excluding carboxylic acids is 2. The van der Waals surface area contributed by atoms with Crippen LogP contribution in [-0.2, 0) is 9.59 Å². The number of amides is 2. The molecule has 0 spiro atoms. The minimum Gasteiger partial charge on any atom is -0.341 e. The first-order valence-electron chi connectivity index (χ1n) is 7.06. The molecule has 0 unspecified atom stereocenters. The summed E-state index contributed by atoms with van der Waals surface area (Å²) < 4.78 is 13.0. The van der Waals surface area contributed by atoms with Crippen molar-refractivity contribution in [3.8, 4) is 0 Å². The SMILES string of the molecule is CN(C)[C@@H]1CCN(C(=O)CC(=O)Nc2ccc(F)c(Cl)c2)C1. The maximum atomic E-state index is 13.0. The molecular weight excluding hydrogens is 309 g/mol. The van der Waals surface area contributed by atoms with Crippen molar-refractivity contribution in [2.75, 3.05) is 32.5 Å². The number of nitrogens with zero attached hydrogens (tertiary/aromatic N) is 2. The van der Waals surface area contributed by atoms with Crippen LogP contribution >= 0.6 is 11.6 Å². The van der Waals surface area contributed by atoms with Gasteiger partial charge in [-0.05, 0) is 38.7 Å². The Morgan fingerprint density at radius 2 is 2.18 bits per heavy atom. The van der Waals surface area contributed by atoms with Crippen molar-refractivity contribution in [2.24, 2.45) is 0 Å². The summed E-state index contributed by atoms with van der Waals surface area (Å²) in [4.78, 5) is 27.8. The van der Waals surface area contributed by atoms with E-state index in [0.717, 1.165) is 6.42 Å². The number of nitrogens with one attached hydrogen (secondary N) is 1. The fourth-order valence-electron chi connectivity index (χ4n) is 2.42. The minimum absolute atomic E-state index is 0.0718. The third-order valence-corrected chi connectivity index (χ3v) is 4.05. The van der Waals surface area contributed by atoms with E-state index in [1.54, 1.807) is 4.90 Å². The molecule has 120 valence electrons. The molecule has 0 radical (unpaired) electrons. The van der Waals surface area contributed by atoms with Crippen molar-refractivity contribution >= 4 is 29.1 Å². The molecule has 22 heavy (non-hydrogen) atoms. The standard InChI is InChI=1S/C15H19ClFN3O2/c1-19(2)11-5-6-20(9-11)15(22)8-14(21)18-10-3-4-13(17)12(16)7-10/h3-4,7,11H,5-6,8-9H2,1-2H3,(H,18,21)/t11-/m1/s1. The van der Waals surface area contributed by atoms with E-state index in [-0.39, 0.29) is 17.4 Å². The first kappa shape index (κ1) is 16.7. The van der Waals surface area contributed by atoms with E-state index in [1.165, 1.54) is 18.2 Å². The molecule has 1 aliphatic rings. The van der Waals surface area contributed by atoms with Gasteiger partial charge in [0.2, 0.25) is 11.8 Å². The van der Waals surface area contributed by atoms with Gasteiger partial charge < -0.3 is 15.1 Å². The maximum absolute atomic E-state index is 13.0. The molecule has 1 heterocycles. The number of hydrogen-bond donors (Lipinski definition) is 1. The van der Waals surface area contributed by atoms with Crippen LogP contribution < -0.4 is 5.32 Å². The highest BCUT2D eigenvalue weighted by molar-refractivity contribution is 6.31. The Balaban J connectivity index is 1.86. The summed E-state index contributed by atoms with van der Waals surface area (Å²) in [7, 11) is 3.95. The lowest BCUT2D eigenvalue weighted by Gasteiger charge is -2.20. The quantitative estimate of drug-likeness (QED) is 0.860. The average Bonchev–Trinajstić information content (AvgIpc) is 2.93. The summed E-state index contributed by atoms with van der Waals surface area (Å²) >= 11 is 5.65. The number of hydrogen-bond acceptors (Lipinski definition) is 3. The van der Waals surface area contributed by atoms with Gasteiger partial charge in [0.1, 0.15) is 12.2 Å². The summed E-state index contributed by atoms with van der Waals surface area (Å²) in [6.07, 6.45) is 0.684. The molecule has 2 rings (SSSR count). The highest BCUT2D eigenvalue weighted by atomic mass is 35.5. The second-order valence-corrected chi connectivity index (χ2v) is 6.01. The number of carbonyl (C=O) groups is 2. The second-order valence-electron chi connectivity index (χ2n) is 5.60. The zero-order valence-electron chi connectivity index (χ0n) is 12.6. The van der Waals surface area contributed by atoms with Gasteiger partial charge in [-0.1, -0.05) is 11.6 Å². The van der Waals surface area contributed by atoms with Gasteiger partial charge in [0, 0.05) is 24.8 Å². The van der Waals surface area contributed by atoms with Gasteiger partial charge in [0.15, 0.2) is 0 Å². The molecule has 0 aromatic heterocycles. The van der Waals surface area contributed by atoms with Crippen LogP contribution in [0.3, 0.4) is 0 Å². The summed E-state index contributed by atoms with van der Waals surface area (Å²) in [5.74, 6) is -1.18. The zero-order chi connectivity index (χ0) is 16.3. The van der Waals surface area contributed by atoms with E-state index in [2.05, 4.69) is 10.2 Å². The molecule has 5 nitrogen and oxygen atoms in total. The second kappa shape index (κ2) is 7.07. The summed E-state index contributed by atoms with van der Waals surface area (Å²) in [5.41, 5.74) is 0.372. The Kier molecular flexibility index (Phi) is 5.37. The summed E-state index contributed by atoms with van der Waals surface area (Å²) in [5, 5.41) is 2.48. The Labute approximate surface area is 134 Å². The Morgan fingerprint density at radius 3 is 2.77 bits per heavy atom. The number of rotatable bonds is 4. The predicted octanol–water partition coefficient (Wildman–Crippen LogP) is 1.97. The molecule has 1 aromatic carbocycles. The summed E-state index contributed by atoms with van der Waals surface area (Å²) in [6.45, 7) is 1.30. The van der Waals surface area contributed by atoms with Crippen molar-refractivity contribution in [1.29, 1.82) is 0 Å². The Bertz CT molecular complexity index is 580. The zero-order valence-corrected chi connectivity index (χ0v) is 13.4. The summed E-state index contributed by atoms with van der Waals surface area (Å²) in [6, 6.07) is 4.23. The van der Waals surface area contributed by atoms with Crippen molar-refractivity contribution in [1.82, 2.24) is 9.80 Å². The van der Waals surface area contributed by atoms with Gasteiger partial charge in [-0.25, -0.2) is 4.39 Å². The van der Waals surface area contributed by atoms with Crippen molar-refractivity contribution in [3.05, 3.63) is 29.0 Å². The van der Waals surface area contributed by atoms with Gasteiger partial charge in [0.05, 0.1) is 5.02 Å². The molecular formula is C15H19ClFN3O2. The average molecular weight is 328 g/mol. The van der Waals surface area contributed by atoms with E-state index in [4.69, 9.17) is 11.6 Å². The van der Waals surface area contributed by atoms with Crippen molar-refractivity contribution in [2.45, 2.75) is 18.9 Å². The van der Waals surface area contributed by atoms with E-state index >= 15 is 0 Å². The van der Waals surface area contributed by atoms with E-state index in [1.807, 2.05) is 14.1 Å². The van der Waals surface area contributed by atoms with Crippen LogP contribution in [0.5, 0.6) is 0 Å². The van der Waals surface area contributed by atoms with Crippen molar-refractivity contribution in [3.63, 3.8) is 0 Å². The first-order valence-corrected chi connectivity index (χ1v) is 7.43. The number of anilines is 1. The molecule has 1 N–H and O–H groups in total.